The fourth-order valence-electron chi connectivity index (χ4n) is 1.88. The van der Waals surface area contributed by atoms with Crippen LogP contribution < -0.4 is 5.32 Å². The number of nitrogens with one attached hydrogen (secondary N) is 1. The fraction of sp³-hybridized carbons (Fsp3) is 0.500. The average Bonchev–Trinajstić information content (AvgIpc) is 2.06. The Morgan fingerprint density at radius 2 is 2.00 bits per heavy atom. The van der Waals surface area contributed by atoms with E-state index in [9.17, 15) is 0 Å². The van der Waals surface area contributed by atoms with Crippen molar-refractivity contribution in [3.63, 3.8) is 0 Å². The summed E-state index contributed by atoms with van der Waals surface area (Å²) < 4.78 is 0. The summed E-state index contributed by atoms with van der Waals surface area (Å²) in [7, 11) is 0. The summed E-state index contributed by atoms with van der Waals surface area (Å²) in [6.45, 7) is 6.85. The van der Waals surface area contributed by atoms with E-state index in [1.54, 1.807) is 0 Å². The van der Waals surface area contributed by atoms with Gasteiger partial charge < -0.3 is 5.32 Å². The van der Waals surface area contributed by atoms with E-state index >= 15 is 0 Å². The van der Waals surface area contributed by atoms with E-state index in [0.29, 0.717) is 5.92 Å². The number of benzene rings is 1. The lowest BCUT2D eigenvalue weighted by atomic mass is 9.80. The molecule has 1 unspecified atom stereocenters. The zero-order valence-electron chi connectivity index (χ0n) is 8.59. The third-order valence-electron chi connectivity index (χ3n) is 3.23. The highest BCUT2D eigenvalue weighted by molar-refractivity contribution is 5.55. The lowest BCUT2D eigenvalue weighted by molar-refractivity contribution is 0.362. The maximum Gasteiger partial charge on any atom is 0.0377 e. The van der Waals surface area contributed by atoms with E-state index in [1.165, 1.54) is 17.7 Å². The molecule has 0 saturated heterocycles. The summed E-state index contributed by atoms with van der Waals surface area (Å²) in [5.41, 5.74) is 2.99. The van der Waals surface area contributed by atoms with Crippen LogP contribution in [0, 0.1) is 5.92 Å². The largest absolute Gasteiger partial charge is 0.380 e. The second-order valence-electron chi connectivity index (χ2n) is 4.61. The highest BCUT2D eigenvalue weighted by Gasteiger charge is 2.30. The Morgan fingerprint density at radius 3 is 2.77 bits per heavy atom. The summed E-state index contributed by atoms with van der Waals surface area (Å²) >= 11 is 0. The molecule has 0 aliphatic carbocycles. The molecule has 1 heteroatoms. The van der Waals surface area contributed by atoms with Gasteiger partial charge in [0.25, 0.3) is 0 Å². The summed E-state index contributed by atoms with van der Waals surface area (Å²) in [4.78, 5) is 0. The number of hydrogen-bond donors (Lipinski definition) is 1. The summed E-state index contributed by atoms with van der Waals surface area (Å²) in [5.74, 6) is 0.697. The van der Waals surface area contributed by atoms with Crippen molar-refractivity contribution in [3.8, 4) is 0 Å². The number of hydrogen-bond acceptors (Lipinski definition) is 1. The van der Waals surface area contributed by atoms with Crippen molar-refractivity contribution in [1.82, 2.24) is 0 Å². The minimum Gasteiger partial charge on any atom is -0.380 e. The van der Waals surface area contributed by atoms with Gasteiger partial charge in [-0.3, -0.25) is 0 Å². The Kier molecular flexibility index (Phi) is 1.83. The van der Waals surface area contributed by atoms with Crippen molar-refractivity contribution in [3.05, 3.63) is 29.8 Å². The van der Waals surface area contributed by atoms with Gasteiger partial charge >= 0.3 is 0 Å². The Labute approximate surface area is 80.2 Å². The van der Waals surface area contributed by atoms with Gasteiger partial charge in [-0.15, -0.1) is 0 Å². The van der Waals surface area contributed by atoms with Gasteiger partial charge in [0, 0.05) is 11.2 Å². The third-order valence-corrected chi connectivity index (χ3v) is 3.23. The minimum absolute atomic E-state index is 0.231. The summed E-state index contributed by atoms with van der Waals surface area (Å²) in [6.07, 6.45) is 1.19. The molecule has 0 saturated carbocycles. The molecule has 0 spiro atoms. The Balaban J connectivity index is 2.39. The van der Waals surface area contributed by atoms with Gasteiger partial charge in [0.15, 0.2) is 0 Å². The standard InChI is InChI=1S/C12H17N/c1-9-8-10-6-4-5-7-11(10)13-12(9,2)3/h4-7,9,13H,8H2,1-3H3. The van der Waals surface area contributed by atoms with E-state index in [1.807, 2.05) is 0 Å². The number of para-hydroxylation sites is 1. The van der Waals surface area contributed by atoms with E-state index in [0.717, 1.165) is 0 Å². The average molecular weight is 175 g/mol. The maximum absolute atomic E-state index is 3.59. The molecule has 1 heterocycles. The normalized spacial score (nSPS) is 24.7. The van der Waals surface area contributed by atoms with Gasteiger partial charge in [-0.05, 0) is 37.8 Å². The van der Waals surface area contributed by atoms with Crippen LogP contribution in [0.1, 0.15) is 26.3 Å². The zero-order chi connectivity index (χ0) is 9.47. The first kappa shape index (κ1) is 8.61. The van der Waals surface area contributed by atoms with Gasteiger partial charge in [0.05, 0.1) is 0 Å². The molecule has 0 amide bonds. The second-order valence-corrected chi connectivity index (χ2v) is 4.61. The van der Waals surface area contributed by atoms with Gasteiger partial charge in [-0.1, -0.05) is 25.1 Å². The third kappa shape index (κ3) is 1.43. The van der Waals surface area contributed by atoms with Crippen LogP contribution in [-0.4, -0.2) is 5.54 Å². The number of fused-ring (bicyclic) bond motifs is 1. The van der Waals surface area contributed by atoms with Crippen LogP contribution in [0.5, 0.6) is 0 Å². The molecular weight excluding hydrogens is 158 g/mol. The quantitative estimate of drug-likeness (QED) is 0.639. The summed E-state index contributed by atoms with van der Waals surface area (Å²) in [5, 5.41) is 3.59. The van der Waals surface area contributed by atoms with E-state index < -0.39 is 0 Å². The first-order valence-corrected chi connectivity index (χ1v) is 4.96. The van der Waals surface area contributed by atoms with Crippen molar-refractivity contribution in [1.29, 1.82) is 0 Å². The molecule has 0 fully saturated rings. The molecule has 1 N–H and O–H groups in total. The Hall–Kier alpha value is -0.980. The summed E-state index contributed by atoms with van der Waals surface area (Å²) in [6, 6.07) is 8.60. The number of rotatable bonds is 0. The molecule has 0 bridgehead atoms. The maximum atomic E-state index is 3.59. The Morgan fingerprint density at radius 1 is 1.31 bits per heavy atom. The van der Waals surface area contributed by atoms with Gasteiger partial charge in [-0.25, -0.2) is 0 Å². The van der Waals surface area contributed by atoms with E-state index in [-0.39, 0.29) is 5.54 Å². The van der Waals surface area contributed by atoms with E-state index in [2.05, 4.69) is 50.4 Å². The molecule has 2 rings (SSSR count). The van der Waals surface area contributed by atoms with Crippen LogP contribution in [0.25, 0.3) is 0 Å². The predicted molar refractivity (Wildman–Crippen MR) is 57.0 cm³/mol. The molecule has 0 radical (unpaired) electrons. The van der Waals surface area contributed by atoms with Crippen LogP contribution in [-0.2, 0) is 6.42 Å². The molecule has 1 aliphatic rings. The van der Waals surface area contributed by atoms with Gasteiger partial charge in [0.2, 0.25) is 0 Å². The Bertz CT molecular complexity index is 315. The molecule has 70 valence electrons. The molecule has 1 atom stereocenters. The molecule has 1 aliphatic heterocycles. The van der Waals surface area contributed by atoms with Gasteiger partial charge in [0.1, 0.15) is 0 Å². The van der Waals surface area contributed by atoms with Crippen molar-refractivity contribution in [2.75, 3.05) is 5.32 Å². The topological polar surface area (TPSA) is 12.0 Å². The van der Waals surface area contributed by atoms with Crippen LogP contribution in [0.4, 0.5) is 5.69 Å². The van der Waals surface area contributed by atoms with Crippen LogP contribution in [0.3, 0.4) is 0 Å². The van der Waals surface area contributed by atoms with Crippen molar-refractivity contribution < 1.29 is 0 Å². The van der Waals surface area contributed by atoms with Crippen molar-refractivity contribution >= 4 is 5.69 Å². The van der Waals surface area contributed by atoms with Gasteiger partial charge in [-0.2, -0.15) is 0 Å². The van der Waals surface area contributed by atoms with Crippen molar-refractivity contribution in [2.45, 2.75) is 32.7 Å². The number of anilines is 1. The van der Waals surface area contributed by atoms with Crippen molar-refractivity contribution in [2.24, 2.45) is 5.92 Å². The highest BCUT2D eigenvalue weighted by Crippen LogP contribution is 2.33. The van der Waals surface area contributed by atoms with Crippen LogP contribution in [0.2, 0.25) is 0 Å². The van der Waals surface area contributed by atoms with E-state index in [4.69, 9.17) is 0 Å². The second kappa shape index (κ2) is 2.76. The monoisotopic (exact) mass is 175 g/mol. The molecule has 1 aromatic rings. The van der Waals surface area contributed by atoms with Crippen LogP contribution >= 0.6 is 0 Å². The molecular formula is C12H17N. The smallest absolute Gasteiger partial charge is 0.0377 e. The lowest BCUT2D eigenvalue weighted by Gasteiger charge is -2.39. The molecule has 13 heavy (non-hydrogen) atoms. The SMILES string of the molecule is CC1Cc2ccccc2NC1(C)C. The first-order valence-electron chi connectivity index (χ1n) is 4.96. The van der Waals surface area contributed by atoms with Crippen LogP contribution in [0.15, 0.2) is 24.3 Å². The lowest BCUT2D eigenvalue weighted by Crippen LogP contribution is -2.42. The molecule has 1 aromatic carbocycles. The highest BCUT2D eigenvalue weighted by atomic mass is 15.0. The predicted octanol–water partition coefficient (Wildman–Crippen LogP) is 3.07. The zero-order valence-corrected chi connectivity index (χ0v) is 8.59. The fourth-order valence-corrected chi connectivity index (χ4v) is 1.88. The minimum atomic E-state index is 0.231. The first-order chi connectivity index (χ1) is 6.09. The molecule has 0 aromatic heterocycles. The molecule has 1 nitrogen and oxygen atoms in total.